The van der Waals surface area contributed by atoms with Crippen LogP contribution in [0.2, 0.25) is 0 Å². The molecule has 2 N–H and O–H groups in total. The molecule has 20 heavy (non-hydrogen) atoms. The molecule has 1 unspecified atom stereocenters. The van der Waals surface area contributed by atoms with Crippen LogP contribution < -0.4 is 15.4 Å². The zero-order chi connectivity index (χ0) is 14.2. The second-order valence-corrected chi connectivity index (χ2v) is 5.01. The maximum Gasteiger partial charge on any atom is 0.244 e. The molecule has 108 valence electrons. The van der Waals surface area contributed by atoms with Gasteiger partial charge in [0, 0.05) is 18.7 Å². The average Bonchev–Trinajstić information content (AvgIpc) is 2.74. The van der Waals surface area contributed by atoms with E-state index in [4.69, 9.17) is 4.74 Å². The molecular formula is C16H22N2O2. The van der Waals surface area contributed by atoms with E-state index in [0.29, 0.717) is 0 Å². The highest BCUT2D eigenvalue weighted by Gasteiger charge is 2.12. The Hall–Kier alpha value is -1.81. The normalized spacial score (nSPS) is 19.6. The molecule has 1 aliphatic heterocycles. The number of hydrogen-bond donors (Lipinski definition) is 2. The van der Waals surface area contributed by atoms with E-state index < -0.39 is 0 Å². The lowest BCUT2D eigenvalue weighted by atomic mass is 10.1. The van der Waals surface area contributed by atoms with Crippen LogP contribution in [0.3, 0.4) is 0 Å². The number of carbonyl (C=O) groups is 1. The second kappa shape index (κ2) is 7.70. The summed E-state index contributed by atoms with van der Waals surface area (Å²) in [7, 11) is 1.64. The Labute approximate surface area is 120 Å². The zero-order valence-corrected chi connectivity index (χ0v) is 11.9. The molecule has 0 aromatic heterocycles. The number of amides is 1. The summed E-state index contributed by atoms with van der Waals surface area (Å²) in [5.74, 6) is 0.783. The van der Waals surface area contributed by atoms with Crippen molar-refractivity contribution in [2.45, 2.75) is 25.3 Å². The van der Waals surface area contributed by atoms with Gasteiger partial charge in [-0.2, -0.15) is 0 Å². The third-order valence-electron chi connectivity index (χ3n) is 3.44. The van der Waals surface area contributed by atoms with Gasteiger partial charge in [-0.1, -0.05) is 18.6 Å². The van der Waals surface area contributed by atoms with E-state index in [1.807, 2.05) is 30.3 Å². The van der Waals surface area contributed by atoms with Crippen LogP contribution in [0.1, 0.15) is 24.8 Å². The average molecular weight is 274 g/mol. The van der Waals surface area contributed by atoms with E-state index in [1.54, 1.807) is 13.2 Å². The largest absolute Gasteiger partial charge is 0.497 e. The summed E-state index contributed by atoms with van der Waals surface area (Å²) in [5.41, 5.74) is 0.986. The highest BCUT2D eigenvalue weighted by atomic mass is 16.5. The van der Waals surface area contributed by atoms with Gasteiger partial charge in [-0.15, -0.1) is 0 Å². The van der Waals surface area contributed by atoms with E-state index in [-0.39, 0.29) is 11.9 Å². The van der Waals surface area contributed by atoms with Crippen molar-refractivity contribution in [2.24, 2.45) is 0 Å². The standard InChI is InChI=1S/C16H22N2O2/c1-20-15-8-5-13(6-9-15)7-10-16(19)18-14-4-2-3-11-17-12-14/h5-10,14,17H,2-4,11-12H2,1H3,(H,18,19). The fourth-order valence-corrected chi connectivity index (χ4v) is 2.28. The Morgan fingerprint density at radius 2 is 2.15 bits per heavy atom. The third kappa shape index (κ3) is 4.70. The highest BCUT2D eigenvalue weighted by molar-refractivity contribution is 5.91. The van der Waals surface area contributed by atoms with Crippen molar-refractivity contribution in [1.82, 2.24) is 10.6 Å². The van der Waals surface area contributed by atoms with Crippen molar-refractivity contribution in [2.75, 3.05) is 20.2 Å². The molecule has 1 atom stereocenters. The monoisotopic (exact) mass is 274 g/mol. The minimum atomic E-state index is -0.0329. The lowest BCUT2D eigenvalue weighted by Crippen LogP contribution is -2.40. The first-order valence-electron chi connectivity index (χ1n) is 7.11. The van der Waals surface area contributed by atoms with Crippen molar-refractivity contribution in [1.29, 1.82) is 0 Å². The Balaban J connectivity index is 1.84. The van der Waals surface area contributed by atoms with E-state index in [0.717, 1.165) is 30.8 Å². The molecule has 2 rings (SSSR count). The fourth-order valence-electron chi connectivity index (χ4n) is 2.28. The van der Waals surface area contributed by atoms with Gasteiger partial charge in [-0.25, -0.2) is 0 Å². The van der Waals surface area contributed by atoms with Crippen molar-refractivity contribution < 1.29 is 9.53 Å². The predicted molar refractivity (Wildman–Crippen MR) is 80.7 cm³/mol. The van der Waals surface area contributed by atoms with Gasteiger partial charge in [0.1, 0.15) is 5.75 Å². The van der Waals surface area contributed by atoms with E-state index in [9.17, 15) is 4.79 Å². The van der Waals surface area contributed by atoms with Crippen LogP contribution in [-0.4, -0.2) is 32.1 Å². The van der Waals surface area contributed by atoms with Gasteiger partial charge < -0.3 is 15.4 Å². The molecule has 0 radical (unpaired) electrons. The molecule has 1 saturated heterocycles. The molecule has 4 nitrogen and oxygen atoms in total. The number of carbonyl (C=O) groups excluding carboxylic acids is 1. The van der Waals surface area contributed by atoms with Crippen LogP contribution in [0, 0.1) is 0 Å². The Bertz CT molecular complexity index is 446. The van der Waals surface area contributed by atoms with Crippen molar-refractivity contribution >= 4 is 12.0 Å². The molecule has 1 amide bonds. The molecule has 1 heterocycles. The molecule has 0 saturated carbocycles. The van der Waals surface area contributed by atoms with Crippen LogP contribution in [0.25, 0.3) is 6.08 Å². The van der Waals surface area contributed by atoms with Gasteiger partial charge in [0.05, 0.1) is 7.11 Å². The highest BCUT2D eigenvalue weighted by Crippen LogP contribution is 2.12. The van der Waals surface area contributed by atoms with Gasteiger partial charge in [-0.05, 0) is 43.2 Å². The number of hydrogen-bond acceptors (Lipinski definition) is 3. The smallest absolute Gasteiger partial charge is 0.244 e. The van der Waals surface area contributed by atoms with Gasteiger partial charge in [0.2, 0.25) is 5.91 Å². The molecule has 1 aliphatic rings. The number of ether oxygens (including phenoxy) is 1. The maximum atomic E-state index is 11.9. The zero-order valence-electron chi connectivity index (χ0n) is 11.9. The van der Waals surface area contributed by atoms with E-state index >= 15 is 0 Å². The summed E-state index contributed by atoms with van der Waals surface area (Å²) < 4.78 is 5.10. The summed E-state index contributed by atoms with van der Waals surface area (Å²) in [6, 6.07) is 7.86. The number of nitrogens with one attached hydrogen (secondary N) is 2. The summed E-state index contributed by atoms with van der Waals surface area (Å²) in [6.45, 7) is 1.91. The molecule has 0 bridgehead atoms. The lowest BCUT2D eigenvalue weighted by molar-refractivity contribution is -0.117. The Morgan fingerprint density at radius 3 is 2.90 bits per heavy atom. The number of methoxy groups -OCH3 is 1. The summed E-state index contributed by atoms with van der Waals surface area (Å²) >= 11 is 0. The summed E-state index contributed by atoms with van der Waals surface area (Å²) in [4.78, 5) is 11.9. The minimum absolute atomic E-state index is 0.0329. The predicted octanol–water partition coefficient (Wildman–Crippen LogP) is 1.97. The molecule has 1 fully saturated rings. The molecule has 4 heteroatoms. The maximum absolute atomic E-state index is 11.9. The van der Waals surface area contributed by atoms with Crippen LogP contribution in [0.5, 0.6) is 5.75 Å². The van der Waals surface area contributed by atoms with Gasteiger partial charge in [0.25, 0.3) is 0 Å². The first kappa shape index (κ1) is 14.6. The summed E-state index contributed by atoms with van der Waals surface area (Å²) in [5, 5.41) is 6.38. The SMILES string of the molecule is COc1ccc(C=CC(=O)NC2CCCCNC2)cc1. The number of rotatable bonds is 4. The Morgan fingerprint density at radius 1 is 1.35 bits per heavy atom. The van der Waals surface area contributed by atoms with Gasteiger partial charge in [0.15, 0.2) is 0 Å². The molecule has 1 aromatic carbocycles. The minimum Gasteiger partial charge on any atom is -0.497 e. The molecule has 1 aromatic rings. The van der Waals surface area contributed by atoms with Crippen molar-refractivity contribution in [3.8, 4) is 5.75 Å². The lowest BCUT2D eigenvalue weighted by Gasteiger charge is -2.14. The molecular weight excluding hydrogens is 252 g/mol. The number of benzene rings is 1. The fraction of sp³-hybridized carbons (Fsp3) is 0.438. The Kier molecular flexibility index (Phi) is 5.62. The first-order chi connectivity index (χ1) is 9.78. The first-order valence-corrected chi connectivity index (χ1v) is 7.11. The van der Waals surface area contributed by atoms with Crippen molar-refractivity contribution in [3.05, 3.63) is 35.9 Å². The van der Waals surface area contributed by atoms with Gasteiger partial charge >= 0.3 is 0 Å². The molecule has 0 aliphatic carbocycles. The van der Waals surface area contributed by atoms with Crippen molar-refractivity contribution in [3.63, 3.8) is 0 Å². The van der Waals surface area contributed by atoms with E-state index in [1.165, 1.54) is 12.8 Å². The molecule has 0 spiro atoms. The topological polar surface area (TPSA) is 50.4 Å². The van der Waals surface area contributed by atoms with Crippen LogP contribution in [0.15, 0.2) is 30.3 Å². The van der Waals surface area contributed by atoms with Crippen LogP contribution in [0.4, 0.5) is 0 Å². The van der Waals surface area contributed by atoms with Gasteiger partial charge in [-0.3, -0.25) is 4.79 Å². The second-order valence-electron chi connectivity index (χ2n) is 5.01. The quantitative estimate of drug-likeness (QED) is 0.825. The summed E-state index contributed by atoms with van der Waals surface area (Å²) in [6.07, 6.45) is 6.81. The van der Waals surface area contributed by atoms with Crippen LogP contribution in [-0.2, 0) is 4.79 Å². The third-order valence-corrected chi connectivity index (χ3v) is 3.44. The van der Waals surface area contributed by atoms with E-state index in [2.05, 4.69) is 10.6 Å². The van der Waals surface area contributed by atoms with Crippen LogP contribution >= 0.6 is 0 Å².